The second-order valence-corrected chi connectivity index (χ2v) is 6.36. The summed E-state index contributed by atoms with van der Waals surface area (Å²) in [5.41, 5.74) is 0.798. The highest BCUT2D eigenvalue weighted by Crippen LogP contribution is 2.27. The number of H-pyrrole nitrogens is 1. The highest BCUT2D eigenvalue weighted by atomic mass is 32.1. The second-order valence-electron chi connectivity index (χ2n) is 5.60. The van der Waals surface area contributed by atoms with Gasteiger partial charge in [0, 0.05) is 19.0 Å². The van der Waals surface area contributed by atoms with Crippen LogP contribution in [0.5, 0.6) is 0 Å². The van der Waals surface area contributed by atoms with E-state index in [-0.39, 0.29) is 17.7 Å². The van der Waals surface area contributed by atoms with E-state index in [1.165, 1.54) is 17.9 Å². The molecule has 0 radical (unpaired) electrons. The highest BCUT2D eigenvalue weighted by Gasteiger charge is 2.30. The summed E-state index contributed by atoms with van der Waals surface area (Å²) in [4.78, 5) is 19.5. The Bertz CT molecular complexity index is 608. The topological polar surface area (TPSA) is 87.7 Å². The number of carbonyl (C=O) groups is 1. The molecule has 0 aliphatic carbocycles. The van der Waals surface area contributed by atoms with Gasteiger partial charge in [0.2, 0.25) is 0 Å². The van der Waals surface area contributed by atoms with Crippen LogP contribution in [0.3, 0.4) is 0 Å². The molecule has 3 heterocycles. The van der Waals surface area contributed by atoms with Crippen molar-refractivity contribution in [2.45, 2.75) is 38.5 Å². The minimum atomic E-state index is 0.0397. The lowest BCUT2D eigenvalue weighted by molar-refractivity contribution is 0.0708. The van der Waals surface area contributed by atoms with Gasteiger partial charge in [-0.1, -0.05) is 18.3 Å². The van der Waals surface area contributed by atoms with Crippen LogP contribution in [0.2, 0.25) is 0 Å². The van der Waals surface area contributed by atoms with Crippen LogP contribution in [-0.2, 0) is 0 Å². The summed E-state index contributed by atoms with van der Waals surface area (Å²) in [6, 6.07) is 0. The van der Waals surface area contributed by atoms with E-state index in [2.05, 4.69) is 24.8 Å². The van der Waals surface area contributed by atoms with Crippen molar-refractivity contribution >= 4 is 17.4 Å². The zero-order valence-corrected chi connectivity index (χ0v) is 12.9. The SMILES string of the molecule is CC(C)c1nnsc1C(=O)N1CCC[C@H](c2ncn[nH]2)C1. The first kappa shape index (κ1) is 14.1. The number of hydrogen-bond donors (Lipinski definition) is 1. The lowest BCUT2D eigenvalue weighted by Crippen LogP contribution is -2.39. The Morgan fingerprint density at radius 1 is 1.52 bits per heavy atom. The Balaban J connectivity index is 1.77. The molecule has 1 aliphatic rings. The number of piperidine rings is 1. The second kappa shape index (κ2) is 5.88. The first-order chi connectivity index (χ1) is 10.2. The number of rotatable bonds is 3. The van der Waals surface area contributed by atoms with Crippen molar-refractivity contribution in [1.82, 2.24) is 29.7 Å². The molecular formula is C13H18N6OS. The third-order valence-electron chi connectivity index (χ3n) is 3.78. The first-order valence-electron chi connectivity index (χ1n) is 7.13. The van der Waals surface area contributed by atoms with E-state index in [1.54, 1.807) is 0 Å². The molecule has 21 heavy (non-hydrogen) atoms. The summed E-state index contributed by atoms with van der Waals surface area (Å²) in [5, 5.41) is 10.9. The van der Waals surface area contributed by atoms with E-state index in [1.807, 2.05) is 18.7 Å². The Labute approximate surface area is 126 Å². The molecular weight excluding hydrogens is 288 g/mol. The van der Waals surface area contributed by atoms with Crippen LogP contribution in [0, 0.1) is 0 Å². The molecule has 1 N–H and O–H groups in total. The standard InChI is InChI=1S/C13H18N6OS/c1-8(2)10-11(21-18-16-10)13(20)19-5-3-4-9(6-19)12-14-7-15-17-12/h7-9H,3-6H2,1-2H3,(H,14,15,17)/t9-/m0/s1. The largest absolute Gasteiger partial charge is 0.337 e. The maximum Gasteiger partial charge on any atom is 0.267 e. The molecule has 3 rings (SSSR count). The van der Waals surface area contributed by atoms with E-state index in [9.17, 15) is 4.79 Å². The van der Waals surface area contributed by atoms with Gasteiger partial charge >= 0.3 is 0 Å². The zero-order valence-electron chi connectivity index (χ0n) is 12.1. The van der Waals surface area contributed by atoms with Crippen LogP contribution in [0.25, 0.3) is 0 Å². The normalized spacial score (nSPS) is 19.2. The van der Waals surface area contributed by atoms with Gasteiger partial charge in [-0.05, 0) is 30.3 Å². The smallest absolute Gasteiger partial charge is 0.267 e. The predicted octanol–water partition coefficient (Wildman–Crippen LogP) is 1.80. The molecule has 0 unspecified atom stereocenters. The summed E-state index contributed by atoms with van der Waals surface area (Å²) in [6.45, 7) is 5.50. The number of hydrogen-bond acceptors (Lipinski definition) is 6. The van der Waals surface area contributed by atoms with Gasteiger partial charge in [-0.2, -0.15) is 5.10 Å². The highest BCUT2D eigenvalue weighted by molar-refractivity contribution is 7.08. The summed E-state index contributed by atoms with van der Waals surface area (Å²) >= 11 is 1.19. The van der Waals surface area contributed by atoms with E-state index in [0.29, 0.717) is 11.4 Å². The van der Waals surface area contributed by atoms with Crippen LogP contribution in [0.1, 0.15) is 59.7 Å². The molecule has 2 aromatic heterocycles. The van der Waals surface area contributed by atoms with Crippen LogP contribution >= 0.6 is 11.5 Å². The molecule has 0 aromatic carbocycles. The number of likely N-dealkylation sites (tertiary alicyclic amines) is 1. The third-order valence-corrected chi connectivity index (χ3v) is 4.51. The quantitative estimate of drug-likeness (QED) is 0.934. The minimum absolute atomic E-state index is 0.0397. The van der Waals surface area contributed by atoms with Gasteiger partial charge < -0.3 is 4.90 Å². The number of amides is 1. The lowest BCUT2D eigenvalue weighted by atomic mass is 9.97. The van der Waals surface area contributed by atoms with Crippen molar-refractivity contribution in [2.75, 3.05) is 13.1 Å². The van der Waals surface area contributed by atoms with Gasteiger partial charge in [0.25, 0.3) is 5.91 Å². The van der Waals surface area contributed by atoms with E-state index >= 15 is 0 Å². The van der Waals surface area contributed by atoms with Gasteiger partial charge in [-0.3, -0.25) is 9.89 Å². The van der Waals surface area contributed by atoms with E-state index < -0.39 is 0 Å². The minimum Gasteiger partial charge on any atom is -0.337 e. The van der Waals surface area contributed by atoms with E-state index in [0.717, 1.165) is 30.9 Å². The number of carbonyl (C=O) groups excluding carboxylic acids is 1. The maximum atomic E-state index is 12.7. The Kier molecular flexibility index (Phi) is 3.96. The summed E-state index contributed by atoms with van der Waals surface area (Å²) in [5.74, 6) is 1.34. The van der Waals surface area contributed by atoms with Gasteiger partial charge in [0.05, 0.1) is 5.69 Å². The van der Waals surface area contributed by atoms with Crippen molar-refractivity contribution in [3.63, 3.8) is 0 Å². The summed E-state index contributed by atoms with van der Waals surface area (Å²) < 4.78 is 3.94. The summed E-state index contributed by atoms with van der Waals surface area (Å²) in [7, 11) is 0. The molecule has 1 amide bonds. The molecule has 1 atom stereocenters. The number of nitrogens with one attached hydrogen (secondary N) is 1. The molecule has 0 spiro atoms. The summed E-state index contributed by atoms with van der Waals surface area (Å²) in [6.07, 6.45) is 3.51. The molecule has 0 bridgehead atoms. The molecule has 1 fully saturated rings. The fourth-order valence-electron chi connectivity index (χ4n) is 2.66. The van der Waals surface area contributed by atoms with Crippen LogP contribution in [-0.4, -0.2) is 48.7 Å². The van der Waals surface area contributed by atoms with E-state index in [4.69, 9.17) is 0 Å². The number of aromatic nitrogens is 5. The molecule has 7 nitrogen and oxygen atoms in total. The number of nitrogens with zero attached hydrogens (tertiary/aromatic N) is 5. The van der Waals surface area contributed by atoms with Crippen molar-refractivity contribution in [3.05, 3.63) is 22.7 Å². The van der Waals surface area contributed by atoms with Crippen molar-refractivity contribution in [1.29, 1.82) is 0 Å². The Morgan fingerprint density at radius 2 is 2.38 bits per heavy atom. The van der Waals surface area contributed by atoms with Gasteiger partial charge in [0.1, 0.15) is 17.0 Å². The predicted molar refractivity (Wildman–Crippen MR) is 78.3 cm³/mol. The van der Waals surface area contributed by atoms with Crippen LogP contribution in [0.15, 0.2) is 6.33 Å². The molecule has 0 saturated carbocycles. The van der Waals surface area contributed by atoms with Crippen molar-refractivity contribution in [2.24, 2.45) is 0 Å². The van der Waals surface area contributed by atoms with Crippen molar-refractivity contribution < 1.29 is 4.79 Å². The molecule has 1 aliphatic heterocycles. The lowest BCUT2D eigenvalue weighted by Gasteiger charge is -2.31. The number of aromatic amines is 1. The first-order valence-corrected chi connectivity index (χ1v) is 7.91. The molecule has 8 heteroatoms. The van der Waals surface area contributed by atoms with Crippen LogP contribution < -0.4 is 0 Å². The average molecular weight is 306 g/mol. The Hall–Kier alpha value is -1.83. The fraction of sp³-hybridized carbons (Fsp3) is 0.615. The van der Waals surface area contributed by atoms with Crippen molar-refractivity contribution in [3.8, 4) is 0 Å². The Morgan fingerprint density at radius 3 is 3.10 bits per heavy atom. The van der Waals surface area contributed by atoms with Gasteiger partial charge in [-0.25, -0.2) is 4.98 Å². The van der Waals surface area contributed by atoms with Gasteiger partial charge in [0.15, 0.2) is 0 Å². The third kappa shape index (κ3) is 2.80. The fourth-order valence-corrected chi connectivity index (χ4v) is 3.45. The maximum absolute atomic E-state index is 12.7. The monoisotopic (exact) mass is 306 g/mol. The molecule has 2 aromatic rings. The van der Waals surface area contributed by atoms with Crippen LogP contribution in [0.4, 0.5) is 0 Å². The zero-order chi connectivity index (χ0) is 14.8. The molecule has 1 saturated heterocycles. The molecule has 112 valence electrons. The van der Waals surface area contributed by atoms with Gasteiger partial charge in [-0.15, -0.1) is 5.10 Å². The average Bonchev–Trinajstić information content (AvgIpc) is 3.17.